The molecule has 0 heterocycles. The maximum atomic E-state index is 12.3. The van der Waals surface area contributed by atoms with Gasteiger partial charge in [0.15, 0.2) is 0 Å². The predicted molar refractivity (Wildman–Crippen MR) is 84.8 cm³/mol. The van der Waals surface area contributed by atoms with Crippen molar-refractivity contribution < 1.29 is 4.79 Å². The fourth-order valence-corrected chi connectivity index (χ4v) is 2.90. The zero-order valence-corrected chi connectivity index (χ0v) is 13.1. The number of halogens is 1. The van der Waals surface area contributed by atoms with Crippen molar-refractivity contribution in [2.45, 2.75) is 51.6 Å². The summed E-state index contributed by atoms with van der Waals surface area (Å²) in [6.45, 7) is 4.66. The largest absolute Gasteiger partial charge is 0.352 e. The second kappa shape index (κ2) is 7.09. The molecular formula is C16H25ClN2O. The molecule has 0 aromatic heterocycles. The van der Waals surface area contributed by atoms with E-state index in [4.69, 9.17) is 5.73 Å². The standard InChI is InChI=1S/C16H24N2O.ClH/c1-12-7-3-4-8-13(12)11-18-15(19)14-9-5-6-10-16(14,2)17;/h3-4,7-8,14H,5-6,9-11,17H2,1-2H3,(H,18,19);1H. The van der Waals surface area contributed by atoms with Gasteiger partial charge < -0.3 is 11.1 Å². The summed E-state index contributed by atoms with van der Waals surface area (Å²) < 4.78 is 0. The lowest BCUT2D eigenvalue weighted by atomic mass is 9.74. The van der Waals surface area contributed by atoms with E-state index < -0.39 is 0 Å². The topological polar surface area (TPSA) is 55.1 Å². The Labute approximate surface area is 127 Å². The van der Waals surface area contributed by atoms with Crippen LogP contribution in [0.2, 0.25) is 0 Å². The van der Waals surface area contributed by atoms with Crippen molar-refractivity contribution >= 4 is 18.3 Å². The second-order valence-corrected chi connectivity index (χ2v) is 5.95. The van der Waals surface area contributed by atoms with Crippen molar-refractivity contribution in [2.75, 3.05) is 0 Å². The Kier molecular flexibility index (Phi) is 6.03. The van der Waals surface area contributed by atoms with E-state index in [0.29, 0.717) is 6.54 Å². The molecular weight excluding hydrogens is 272 g/mol. The maximum absolute atomic E-state index is 12.3. The van der Waals surface area contributed by atoms with Crippen molar-refractivity contribution in [2.24, 2.45) is 11.7 Å². The Bertz CT molecular complexity index is 460. The lowest BCUT2D eigenvalue weighted by Gasteiger charge is -2.37. The van der Waals surface area contributed by atoms with Gasteiger partial charge in [0.1, 0.15) is 0 Å². The van der Waals surface area contributed by atoms with Crippen LogP contribution in [0.3, 0.4) is 0 Å². The fraction of sp³-hybridized carbons (Fsp3) is 0.562. The Morgan fingerprint density at radius 2 is 2.10 bits per heavy atom. The van der Waals surface area contributed by atoms with Crippen molar-refractivity contribution in [3.8, 4) is 0 Å². The van der Waals surface area contributed by atoms with Crippen LogP contribution in [-0.4, -0.2) is 11.4 Å². The van der Waals surface area contributed by atoms with Gasteiger partial charge in [0.25, 0.3) is 0 Å². The molecule has 1 saturated carbocycles. The number of rotatable bonds is 3. The molecule has 0 radical (unpaired) electrons. The van der Waals surface area contributed by atoms with Crippen molar-refractivity contribution in [3.05, 3.63) is 35.4 Å². The first-order valence-corrected chi connectivity index (χ1v) is 7.12. The molecule has 2 atom stereocenters. The smallest absolute Gasteiger partial charge is 0.225 e. The van der Waals surface area contributed by atoms with Crippen LogP contribution < -0.4 is 11.1 Å². The lowest BCUT2D eigenvalue weighted by molar-refractivity contribution is -0.128. The Morgan fingerprint density at radius 1 is 1.40 bits per heavy atom. The Balaban J connectivity index is 0.00000200. The highest BCUT2D eigenvalue weighted by atomic mass is 35.5. The minimum atomic E-state index is -0.353. The van der Waals surface area contributed by atoms with Gasteiger partial charge in [-0.05, 0) is 37.8 Å². The SMILES string of the molecule is Cc1ccccc1CNC(=O)C1CCCCC1(C)N.Cl. The van der Waals surface area contributed by atoms with Gasteiger partial charge in [-0.25, -0.2) is 0 Å². The van der Waals surface area contributed by atoms with Crippen molar-refractivity contribution in [1.29, 1.82) is 0 Å². The average Bonchev–Trinajstić information content (AvgIpc) is 2.37. The van der Waals surface area contributed by atoms with Gasteiger partial charge in [0.05, 0.1) is 5.92 Å². The normalized spacial score (nSPS) is 25.6. The van der Waals surface area contributed by atoms with Crippen LogP contribution in [0.1, 0.15) is 43.7 Å². The highest BCUT2D eigenvalue weighted by Gasteiger charge is 2.37. The molecule has 2 rings (SSSR count). The number of benzene rings is 1. The molecule has 1 aliphatic rings. The van der Waals surface area contributed by atoms with E-state index in [2.05, 4.69) is 24.4 Å². The summed E-state index contributed by atoms with van der Waals surface area (Å²) in [4.78, 5) is 12.3. The van der Waals surface area contributed by atoms with Gasteiger partial charge in [-0.15, -0.1) is 12.4 Å². The summed E-state index contributed by atoms with van der Waals surface area (Å²) in [7, 11) is 0. The highest BCUT2D eigenvalue weighted by molar-refractivity contribution is 5.85. The monoisotopic (exact) mass is 296 g/mol. The van der Waals surface area contributed by atoms with Crippen LogP contribution in [0, 0.1) is 12.8 Å². The number of hydrogen-bond acceptors (Lipinski definition) is 2. The number of aryl methyl sites for hydroxylation is 1. The second-order valence-electron chi connectivity index (χ2n) is 5.95. The van der Waals surface area contributed by atoms with E-state index in [1.165, 1.54) is 11.1 Å². The zero-order valence-electron chi connectivity index (χ0n) is 12.3. The molecule has 0 saturated heterocycles. The van der Waals surface area contributed by atoms with Crippen LogP contribution >= 0.6 is 12.4 Å². The first kappa shape index (κ1) is 17.0. The maximum Gasteiger partial charge on any atom is 0.225 e. The molecule has 3 nitrogen and oxygen atoms in total. The summed E-state index contributed by atoms with van der Waals surface area (Å²) in [5.74, 6) is 0.0539. The summed E-state index contributed by atoms with van der Waals surface area (Å²) in [5.41, 5.74) is 8.29. The van der Waals surface area contributed by atoms with E-state index >= 15 is 0 Å². The van der Waals surface area contributed by atoms with E-state index in [1.807, 2.05) is 19.1 Å². The number of carbonyl (C=O) groups excluding carboxylic acids is 1. The number of amides is 1. The molecule has 20 heavy (non-hydrogen) atoms. The summed E-state index contributed by atoms with van der Waals surface area (Å²) in [5, 5.41) is 3.05. The van der Waals surface area contributed by atoms with Crippen LogP contribution in [0.15, 0.2) is 24.3 Å². The van der Waals surface area contributed by atoms with Gasteiger partial charge in [-0.1, -0.05) is 37.1 Å². The Hall–Kier alpha value is -1.06. The molecule has 4 heteroatoms. The van der Waals surface area contributed by atoms with Gasteiger partial charge in [0.2, 0.25) is 5.91 Å². The molecule has 1 aliphatic carbocycles. The zero-order chi connectivity index (χ0) is 13.9. The quantitative estimate of drug-likeness (QED) is 0.901. The number of hydrogen-bond donors (Lipinski definition) is 2. The van der Waals surface area contributed by atoms with Crippen LogP contribution in [0.4, 0.5) is 0 Å². The van der Waals surface area contributed by atoms with Crippen LogP contribution in [0.25, 0.3) is 0 Å². The summed E-state index contributed by atoms with van der Waals surface area (Å²) >= 11 is 0. The third-order valence-corrected chi connectivity index (χ3v) is 4.29. The predicted octanol–water partition coefficient (Wildman–Crippen LogP) is 2.94. The molecule has 2 unspecified atom stereocenters. The molecule has 1 fully saturated rings. The number of carbonyl (C=O) groups is 1. The van der Waals surface area contributed by atoms with Gasteiger partial charge in [0, 0.05) is 12.1 Å². The number of nitrogens with one attached hydrogen (secondary N) is 1. The first-order valence-electron chi connectivity index (χ1n) is 7.12. The van der Waals surface area contributed by atoms with E-state index in [9.17, 15) is 4.79 Å². The molecule has 1 aromatic rings. The van der Waals surface area contributed by atoms with E-state index in [1.54, 1.807) is 0 Å². The Morgan fingerprint density at radius 3 is 2.75 bits per heavy atom. The molecule has 112 valence electrons. The third kappa shape index (κ3) is 3.97. The molecule has 0 bridgehead atoms. The number of nitrogens with two attached hydrogens (primary N) is 1. The minimum absolute atomic E-state index is 0. The van der Waals surface area contributed by atoms with E-state index in [-0.39, 0.29) is 29.8 Å². The summed E-state index contributed by atoms with van der Waals surface area (Å²) in [6, 6.07) is 8.13. The molecule has 1 aromatic carbocycles. The van der Waals surface area contributed by atoms with Gasteiger partial charge in [-0.3, -0.25) is 4.79 Å². The molecule has 0 spiro atoms. The highest BCUT2D eigenvalue weighted by Crippen LogP contribution is 2.31. The minimum Gasteiger partial charge on any atom is -0.352 e. The third-order valence-electron chi connectivity index (χ3n) is 4.29. The summed E-state index contributed by atoms with van der Waals surface area (Å²) in [6.07, 6.45) is 4.09. The molecule has 0 aliphatic heterocycles. The van der Waals surface area contributed by atoms with Crippen LogP contribution in [-0.2, 0) is 11.3 Å². The van der Waals surface area contributed by atoms with Gasteiger partial charge in [-0.2, -0.15) is 0 Å². The fourth-order valence-electron chi connectivity index (χ4n) is 2.90. The van der Waals surface area contributed by atoms with E-state index in [0.717, 1.165) is 25.7 Å². The van der Waals surface area contributed by atoms with Crippen molar-refractivity contribution in [3.63, 3.8) is 0 Å². The van der Waals surface area contributed by atoms with Crippen molar-refractivity contribution in [1.82, 2.24) is 5.32 Å². The first-order chi connectivity index (χ1) is 9.00. The molecule has 1 amide bonds. The van der Waals surface area contributed by atoms with Crippen LogP contribution in [0.5, 0.6) is 0 Å². The average molecular weight is 297 g/mol. The van der Waals surface area contributed by atoms with Gasteiger partial charge >= 0.3 is 0 Å². The lowest BCUT2D eigenvalue weighted by Crippen LogP contribution is -2.52. The molecule has 3 N–H and O–H groups in total.